The van der Waals surface area contributed by atoms with Crippen LogP contribution in [0.5, 0.6) is 0 Å². The Morgan fingerprint density at radius 2 is 2.06 bits per heavy atom. The molecule has 0 aromatic heterocycles. The quantitative estimate of drug-likeness (QED) is 0.671. The Balaban J connectivity index is 2.48. The first-order chi connectivity index (χ1) is 7.57. The van der Waals surface area contributed by atoms with Crippen LogP contribution < -0.4 is 5.32 Å². The first kappa shape index (κ1) is 13.0. The maximum Gasteiger partial charge on any atom is 0.323 e. The average molecular weight is 225 g/mol. The number of rotatable bonds is 6. The third-order valence-corrected chi connectivity index (χ3v) is 3.03. The number of hydrogen-bond donors (Lipinski definition) is 2. The summed E-state index contributed by atoms with van der Waals surface area (Å²) in [6.07, 6.45) is 5.66. The molecule has 2 amide bonds. The van der Waals surface area contributed by atoms with Gasteiger partial charge in [-0.15, -0.1) is 0 Å². The number of amidine groups is 1. The third kappa shape index (κ3) is 2.97. The van der Waals surface area contributed by atoms with Crippen molar-refractivity contribution < 1.29 is 4.79 Å². The van der Waals surface area contributed by atoms with Gasteiger partial charge in [-0.1, -0.05) is 32.6 Å². The molecule has 0 aromatic carbocycles. The van der Waals surface area contributed by atoms with Gasteiger partial charge in [-0.25, -0.2) is 4.79 Å². The minimum absolute atomic E-state index is 0.0237. The molecule has 0 spiro atoms. The first-order valence-electron chi connectivity index (χ1n) is 6.25. The van der Waals surface area contributed by atoms with Crippen LogP contribution in [0.4, 0.5) is 4.79 Å². The number of nitrogens with zero attached hydrogens (tertiary/aromatic N) is 1. The Hall–Kier alpha value is -1.06. The highest BCUT2D eigenvalue weighted by Gasteiger charge is 2.36. The lowest BCUT2D eigenvalue weighted by atomic mass is 10.1. The van der Waals surface area contributed by atoms with Gasteiger partial charge in [0, 0.05) is 6.04 Å². The highest BCUT2D eigenvalue weighted by molar-refractivity contribution is 6.05. The summed E-state index contributed by atoms with van der Waals surface area (Å²) < 4.78 is 0. The number of carbonyl (C=O) groups is 1. The summed E-state index contributed by atoms with van der Waals surface area (Å²) in [7, 11) is 0. The second-order valence-electron chi connectivity index (χ2n) is 4.71. The SMILES string of the molecule is CCCCCCC1C(=N)NC(=O)N1C(C)C. The molecule has 1 aliphatic heterocycles. The first-order valence-corrected chi connectivity index (χ1v) is 6.25. The van der Waals surface area contributed by atoms with Crippen molar-refractivity contribution in [3.8, 4) is 0 Å². The molecule has 1 unspecified atom stereocenters. The Bertz CT molecular complexity index is 263. The van der Waals surface area contributed by atoms with Gasteiger partial charge in [-0.05, 0) is 20.3 Å². The molecule has 16 heavy (non-hydrogen) atoms. The van der Waals surface area contributed by atoms with Crippen molar-refractivity contribution in [1.29, 1.82) is 5.41 Å². The Labute approximate surface area is 97.9 Å². The molecule has 4 nitrogen and oxygen atoms in total. The lowest BCUT2D eigenvalue weighted by Crippen LogP contribution is -2.40. The van der Waals surface area contributed by atoms with Gasteiger partial charge in [0.15, 0.2) is 0 Å². The van der Waals surface area contributed by atoms with Crippen molar-refractivity contribution >= 4 is 11.9 Å². The number of amides is 2. The number of nitrogens with one attached hydrogen (secondary N) is 2. The summed E-state index contributed by atoms with van der Waals surface area (Å²) in [5.74, 6) is 0.371. The molecule has 1 saturated heterocycles. The zero-order valence-corrected chi connectivity index (χ0v) is 10.5. The second-order valence-corrected chi connectivity index (χ2v) is 4.71. The molecule has 2 N–H and O–H groups in total. The van der Waals surface area contributed by atoms with E-state index < -0.39 is 0 Å². The minimum atomic E-state index is -0.111. The maximum absolute atomic E-state index is 11.6. The van der Waals surface area contributed by atoms with Crippen molar-refractivity contribution in [2.45, 2.75) is 65.0 Å². The average Bonchev–Trinajstić information content (AvgIpc) is 2.48. The van der Waals surface area contributed by atoms with Crippen LogP contribution in [0.2, 0.25) is 0 Å². The van der Waals surface area contributed by atoms with Crippen LogP contribution in [0.3, 0.4) is 0 Å². The van der Waals surface area contributed by atoms with Crippen molar-refractivity contribution in [2.75, 3.05) is 0 Å². The fourth-order valence-corrected chi connectivity index (χ4v) is 2.19. The summed E-state index contributed by atoms with van der Waals surface area (Å²) >= 11 is 0. The van der Waals surface area contributed by atoms with Crippen LogP contribution in [0.15, 0.2) is 0 Å². The molecule has 1 fully saturated rings. The summed E-state index contributed by atoms with van der Waals surface area (Å²) in [6.45, 7) is 6.18. The van der Waals surface area contributed by atoms with E-state index in [2.05, 4.69) is 12.2 Å². The number of hydrogen-bond acceptors (Lipinski definition) is 2. The summed E-state index contributed by atoms with van der Waals surface area (Å²) in [4.78, 5) is 13.4. The molecule has 0 radical (unpaired) electrons. The van der Waals surface area contributed by atoms with Crippen LogP contribution in [0, 0.1) is 5.41 Å². The van der Waals surface area contributed by atoms with E-state index in [0.717, 1.165) is 12.8 Å². The highest BCUT2D eigenvalue weighted by atomic mass is 16.2. The largest absolute Gasteiger partial charge is 0.323 e. The maximum atomic E-state index is 11.6. The van der Waals surface area contributed by atoms with Gasteiger partial charge in [0.1, 0.15) is 5.84 Å². The van der Waals surface area contributed by atoms with Crippen LogP contribution in [0.25, 0.3) is 0 Å². The third-order valence-electron chi connectivity index (χ3n) is 3.03. The van der Waals surface area contributed by atoms with Crippen LogP contribution >= 0.6 is 0 Å². The van der Waals surface area contributed by atoms with Gasteiger partial charge in [0.25, 0.3) is 0 Å². The predicted molar refractivity (Wildman–Crippen MR) is 65.8 cm³/mol. The predicted octanol–water partition coefficient (Wildman–Crippen LogP) is 2.74. The lowest BCUT2D eigenvalue weighted by molar-refractivity contribution is 0.186. The molecule has 0 saturated carbocycles. The van der Waals surface area contributed by atoms with Gasteiger partial charge in [0.05, 0.1) is 6.04 Å². The van der Waals surface area contributed by atoms with E-state index in [9.17, 15) is 4.79 Å². The molecule has 1 atom stereocenters. The second kappa shape index (κ2) is 5.87. The van der Waals surface area contributed by atoms with Gasteiger partial charge in [0.2, 0.25) is 0 Å². The van der Waals surface area contributed by atoms with E-state index in [0.29, 0.717) is 5.84 Å². The van der Waals surface area contributed by atoms with Crippen molar-refractivity contribution in [1.82, 2.24) is 10.2 Å². The summed E-state index contributed by atoms with van der Waals surface area (Å²) in [6, 6.07) is 0.0314. The van der Waals surface area contributed by atoms with E-state index in [1.807, 2.05) is 13.8 Å². The van der Waals surface area contributed by atoms with Crippen molar-refractivity contribution in [3.05, 3.63) is 0 Å². The standard InChI is InChI=1S/C12H23N3O/c1-4-5-6-7-8-10-11(13)14-12(16)15(10)9(2)3/h9-10H,4-8H2,1-3H3,(H2,13,14,16). The molecule has 4 heteroatoms. The Kier molecular flexibility index (Phi) is 4.77. The molecular formula is C12H23N3O. The van der Waals surface area contributed by atoms with Crippen molar-refractivity contribution in [2.24, 2.45) is 0 Å². The molecule has 92 valence electrons. The molecule has 1 heterocycles. The van der Waals surface area contributed by atoms with Crippen LogP contribution in [0.1, 0.15) is 52.9 Å². The Morgan fingerprint density at radius 1 is 1.38 bits per heavy atom. The molecular weight excluding hydrogens is 202 g/mol. The number of unbranched alkanes of at least 4 members (excludes halogenated alkanes) is 3. The van der Waals surface area contributed by atoms with E-state index in [1.54, 1.807) is 4.90 Å². The van der Waals surface area contributed by atoms with Gasteiger partial charge in [-0.2, -0.15) is 0 Å². The topological polar surface area (TPSA) is 56.2 Å². The Morgan fingerprint density at radius 3 is 2.62 bits per heavy atom. The van der Waals surface area contributed by atoms with Crippen molar-refractivity contribution in [3.63, 3.8) is 0 Å². The number of urea groups is 1. The molecule has 0 aromatic rings. The smallest absolute Gasteiger partial charge is 0.312 e. The van der Waals surface area contributed by atoms with Crippen LogP contribution in [-0.4, -0.2) is 28.9 Å². The molecule has 0 aliphatic carbocycles. The van der Waals surface area contributed by atoms with E-state index in [4.69, 9.17) is 5.41 Å². The molecule has 1 rings (SSSR count). The minimum Gasteiger partial charge on any atom is -0.312 e. The summed E-state index contributed by atoms with van der Waals surface area (Å²) in [5.41, 5.74) is 0. The summed E-state index contributed by atoms with van der Waals surface area (Å²) in [5, 5.41) is 10.4. The zero-order chi connectivity index (χ0) is 12.1. The van der Waals surface area contributed by atoms with Gasteiger partial charge in [-0.3, -0.25) is 10.7 Å². The van der Waals surface area contributed by atoms with Crippen LogP contribution in [-0.2, 0) is 0 Å². The van der Waals surface area contributed by atoms with E-state index in [1.165, 1.54) is 19.3 Å². The zero-order valence-electron chi connectivity index (χ0n) is 10.5. The van der Waals surface area contributed by atoms with E-state index in [-0.39, 0.29) is 18.1 Å². The van der Waals surface area contributed by atoms with Gasteiger partial charge >= 0.3 is 6.03 Å². The highest BCUT2D eigenvalue weighted by Crippen LogP contribution is 2.18. The fourth-order valence-electron chi connectivity index (χ4n) is 2.19. The number of carbonyl (C=O) groups excluding carboxylic acids is 1. The lowest BCUT2D eigenvalue weighted by Gasteiger charge is -2.26. The fraction of sp³-hybridized carbons (Fsp3) is 0.833. The normalized spacial score (nSPS) is 20.8. The molecule has 1 aliphatic rings. The van der Waals surface area contributed by atoms with E-state index >= 15 is 0 Å². The van der Waals surface area contributed by atoms with Gasteiger partial charge < -0.3 is 4.90 Å². The molecule has 0 bridgehead atoms. The monoisotopic (exact) mass is 225 g/mol.